The minimum absolute atomic E-state index is 0.182. The Bertz CT molecular complexity index is 943. The quantitative estimate of drug-likeness (QED) is 0.297. The Balaban J connectivity index is 1.40. The fraction of sp³-hybridized carbons (Fsp3) is 0.158. The van der Waals surface area contributed by atoms with Gasteiger partial charge in [0.1, 0.15) is 0 Å². The van der Waals surface area contributed by atoms with Gasteiger partial charge in [0.05, 0.1) is 12.0 Å². The molecule has 1 aromatic heterocycles. The summed E-state index contributed by atoms with van der Waals surface area (Å²) in [6.45, 7) is 2.02. The Morgan fingerprint density at radius 3 is 2.50 bits per heavy atom. The van der Waals surface area contributed by atoms with Gasteiger partial charge in [-0.2, -0.15) is 5.10 Å². The van der Waals surface area contributed by atoms with Crippen molar-refractivity contribution in [3.05, 3.63) is 70.2 Å². The summed E-state index contributed by atoms with van der Waals surface area (Å²) in [6.07, 6.45) is 1.62. The molecule has 144 valence electrons. The lowest BCUT2D eigenvalue weighted by atomic mass is 10.2. The number of hydrogen-bond acceptors (Lipinski definition) is 7. The third-order valence-electron chi connectivity index (χ3n) is 3.47. The number of nitrogens with zero attached hydrogens (tertiary/aromatic N) is 3. The molecule has 1 heterocycles. The van der Waals surface area contributed by atoms with Gasteiger partial charge in [0.15, 0.2) is 8.68 Å². The molecule has 0 aliphatic carbocycles. The second-order valence-corrected chi connectivity index (χ2v) is 9.60. The van der Waals surface area contributed by atoms with Gasteiger partial charge in [-0.25, -0.2) is 5.43 Å². The Hall–Kier alpha value is -1.87. The predicted octanol–water partition coefficient (Wildman–Crippen LogP) is 5.03. The fourth-order valence-corrected chi connectivity index (χ4v) is 4.92. The van der Waals surface area contributed by atoms with Crippen molar-refractivity contribution in [3.63, 3.8) is 0 Å². The maximum Gasteiger partial charge on any atom is 0.250 e. The van der Waals surface area contributed by atoms with Gasteiger partial charge >= 0.3 is 0 Å². The third kappa shape index (κ3) is 6.94. The van der Waals surface area contributed by atoms with E-state index in [0.717, 1.165) is 25.0 Å². The Morgan fingerprint density at radius 2 is 1.79 bits per heavy atom. The number of halogens is 1. The summed E-state index contributed by atoms with van der Waals surface area (Å²) >= 11 is 10.3. The molecule has 0 aliphatic rings. The largest absolute Gasteiger partial charge is 0.272 e. The normalized spacial score (nSPS) is 11.1. The highest BCUT2D eigenvalue weighted by Gasteiger charge is 2.08. The van der Waals surface area contributed by atoms with Crippen LogP contribution < -0.4 is 5.43 Å². The van der Waals surface area contributed by atoms with Crippen LogP contribution in [-0.2, 0) is 10.5 Å². The van der Waals surface area contributed by atoms with Crippen molar-refractivity contribution in [3.8, 4) is 0 Å². The van der Waals surface area contributed by atoms with Crippen LogP contribution in [-0.4, -0.2) is 28.1 Å². The summed E-state index contributed by atoms with van der Waals surface area (Å²) in [7, 11) is 0. The van der Waals surface area contributed by atoms with Crippen LogP contribution in [0.4, 0.5) is 0 Å². The van der Waals surface area contributed by atoms with Gasteiger partial charge in [0.2, 0.25) is 0 Å². The number of nitrogens with one attached hydrogen (secondary N) is 1. The maximum absolute atomic E-state index is 11.9. The van der Waals surface area contributed by atoms with E-state index in [0.29, 0.717) is 0 Å². The average Bonchev–Trinajstić information content (AvgIpc) is 3.15. The number of aromatic nitrogens is 2. The average molecular weight is 449 g/mol. The molecule has 9 heteroatoms. The van der Waals surface area contributed by atoms with E-state index < -0.39 is 0 Å². The Labute approximate surface area is 181 Å². The maximum atomic E-state index is 11.9. The van der Waals surface area contributed by atoms with E-state index in [9.17, 15) is 4.79 Å². The minimum Gasteiger partial charge on any atom is -0.272 e. The summed E-state index contributed by atoms with van der Waals surface area (Å²) in [4.78, 5) is 11.9. The number of carbonyl (C=O) groups is 1. The van der Waals surface area contributed by atoms with Crippen LogP contribution in [0.3, 0.4) is 0 Å². The molecule has 5 nitrogen and oxygen atoms in total. The van der Waals surface area contributed by atoms with Crippen LogP contribution in [0.2, 0.25) is 5.02 Å². The van der Waals surface area contributed by atoms with Gasteiger partial charge < -0.3 is 0 Å². The number of thioether (sulfide) groups is 2. The molecule has 0 aliphatic heterocycles. The van der Waals surface area contributed by atoms with Crippen LogP contribution in [0.25, 0.3) is 0 Å². The fourth-order valence-electron chi connectivity index (χ4n) is 2.03. The molecule has 3 rings (SSSR count). The Morgan fingerprint density at radius 1 is 1.11 bits per heavy atom. The number of aryl methyl sites for hydroxylation is 1. The zero-order valence-electron chi connectivity index (χ0n) is 15.0. The van der Waals surface area contributed by atoms with Gasteiger partial charge in [-0.15, -0.1) is 10.2 Å². The highest BCUT2D eigenvalue weighted by Crippen LogP contribution is 2.30. The van der Waals surface area contributed by atoms with Crippen LogP contribution in [0, 0.1) is 6.92 Å². The first kappa shape index (κ1) is 20.9. The summed E-state index contributed by atoms with van der Waals surface area (Å²) in [6, 6.07) is 15.6. The van der Waals surface area contributed by atoms with Crippen molar-refractivity contribution in [2.24, 2.45) is 5.10 Å². The van der Waals surface area contributed by atoms with Crippen molar-refractivity contribution in [1.82, 2.24) is 15.6 Å². The smallest absolute Gasteiger partial charge is 0.250 e. The second-order valence-electron chi connectivity index (χ2n) is 5.74. The van der Waals surface area contributed by atoms with E-state index in [1.54, 1.807) is 18.0 Å². The summed E-state index contributed by atoms with van der Waals surface area (Å²) in [5, 5.41) is 13.0. The molecule has 0 bridgehead atoms. The molecule has 2 aromatic carbocycles. The van der Waals surface area contributed by atoms with Gasteiger partial charge in [-0.3, -0.25) is 4.79 Å². The van der Waals surface area contributed by atoms with Gasteiger partial charge in [0, 0.05) is 10.8 Å². The monoisotopic (exact) mass is 448 g/mol. The number of rotatable bonds is 8. The van der Waals surface area contributed by atoms with E-state index in [1.165, 1.54) is 34.2 Å². The van der Waals surface area contributed by atoms with Crippen molar-refractivity contribution in [1.29, 1.82) is 0 Å². The minimum atomic E-state index is -0.182. The van der Waals surface area contributed by atoms with Gasteiger partial charge in [0.25, 0.3) is 5.91 Å². The van der Waals surface area contributed by atoms with E-state index >= 15 is 0 Å². The number of hydrogen-bond donors (Lipinski definition) is 1. The highest BCUT2D eigenvalue weighted by molar-refractivity contribution is 8.03. The van der Waals surface area contributed by atoms with Crippen LogP contribution in [0.1, 0.15) is 16.7 Å². The topological polar surface area (TPSA) is 67.2 Å². The molecule has 1 amide bonds. The summed E-state index contributed by atoms with van der Waals surface area (Å²) in [5.41, 5.74) is 5.81. The number of carbonyl (C=O) groups excluding carboxylic acids is 1. The van der Waals surface area contributed by atoms with Crippen molar-refractivity contribution < 1.29 is 4.79 Å². The molecule has 0 unspecified atom stereocenters. The van der Waals surface area contributed by atoms with Crippen molar-refractivity contribution >= 4 is 58.6 Å². The molecule has 0 saturated heterocycles. The van der Waals surface area contributed by atoms with E-state index in [1.807, 2.05) is 55.5 Å². The molecule has 1 N–H and O–H groups in total. The van der Waals surface area contributed by atoms with E-state index in [4.69, 9.17) is 11.6 Å². The molecular weight excluding hydrogens is 432 g/mol. The summed E-state index contributed by atoms with van der Waals surface area (Å²) < 4.78 is 1.63. The lowest BCUT2D eigenvalue weighted by Crippen LogP contribution is -2.19. The zero-order valence-corrected chi connectivity index (χ0v) is 18.2. The molecule has 28 heavy (non-hydrogen) atoms. The molecule has 0 saturated carbocycles. The lowest BCUT2D eigenvalue weighted by molar-refractivity contribution is -0.118. The number of benzene rings is 2. The van der Waals surface area contributed by atoms with Gasteiger partial charge in [-0.05, 0) is 30.2 Å². The first-order valence-electron chi connectivity index (χ1n) is 8.30. The molecular formula is C19H17ClN4OS3. The standard InChI is InChI=1S/C19H17ClN4OS3/c1-13-2-4-14(5-3-13)10-21-22-17(25)12-27-19-24-23-18(28-19)26-11-15-6-8-16(20)9-7-15/h2-10H,11-12H2,1H3,(H,22,25)/b21-10+. The first-order valence-corrected chi connectivity index (χ1v) is 11.5. The Kier molecular flexibility index (Phi) is 7.90. The molecule has 0 fully saturated rings. The van der Waals surface area contributed by atoms with Gasteiger partial charge in [-0.1, -0.05) is 88.4 Å². The molecule has 3 aromatic rings. The molecule has 0 spiro atoms. The number of hydrazone groups is 1. The van der Waals surface area contributed by atoms with Crippen molar-refractivity contribution in [2.45, 2.75) is 21.4 Å². The molecule has 0 radical (unpaired) electrons. The number of amides is 1. The lowest BCUT2D eigenvalue weighted by Gasteiger charge is -1.98. The first-order chi connectivity index (χ1) is 13.6. The summed E-state index contributed by atoms with van der Waals surface area (Å²) in [5.74, 6) is 0.853. The molecule has 0 atom stereocenters. The van der Waals surface area contributed by atoms with E-state index in [2.05, 4.69) is 20.7 Å². The van der Waals surface area contributed by atoms with Crippen molar-refractivity contribution in [2.75, 3.05) is 5.75 Å². The predicted molar refractivity (Wildman–Crippen MR) is 119 cm³/mol. The van der Waals surface area contributed by atoms with Crippen LogP contribution in [0.15, 0.2) is 62.3 Å². The SMILES string of the molecule is Cc1ccc(/C=N/NC(=O)CSc2nnc(SCc3ccc(Cl)cc3)s2)cc1. The highest BCUT2D eigenvalue weighted by atomic mass is 35.5. The van der Waals surface area contributed by atoms with E-state index in [-0.39, 0.29) is 11.7 Å². The third-order valence-corrected chi connectivity index (χ3v) is 6.98. The second kappa shape index (κ2) is 10.6. The van der Waals surface area contributed by atoms with Crippen LogP contribution in [0.5, 0.6) is 0 Å². The van der Waals surface area contributed by atoms with Crippen LogP contribution >= 0.6 is 46.5 Å². The zero-order chi connectivity index (χ0) is 19.8.